The fourth-order valence-electron chi connectivity index (χ4n) is 1.74. The Balaban J connectivity index is 1.90. The van der Waals surface area contributed by atoms with Crippen molar-refractivity contribution in [3.05, 3.63) is 57.5 Å². The number of hydrazone groups is 1. The zero-order valence-electron chi connectivity index (χ0n) is 12.3. The summed E-state index contributed by atoms with van der Waals surface area (Å²) in [6.45, 7) is 1.59. The number of nitrogen functional groups attached to an aromatic ring is 1. The Bertz CT molecular complexity index is 750. The van der Waals surface area contributed by atoms with E-state index in [1.807, 2.05) is 12.1 Å². The molecule has 0 fully saturated rings. The van der Waals surface area contributed by atoms with Gasteiger partial charge in [0.05, 0.1) is 10.7 Å². The molecule has 5 nitrogen and oxygen atoms in total. The van der Waals surface area contributed by atoms with E-state index in [2.05, 4.69) is 26.5 Å². The third kappa shape index (κ3) is 5.26. The van der Waals surface area contributed by atoms with Gasteiger partial charge >= 0.3 is 0 Å². The molecule has 0 aromatic heterocycles. The molecule has 3 N–H and O–H groups in total. The fourth-order valence-corrected chi connectivity index (χ4v) is 2.47. The van der Waals surface area contributed by atoms with Crippen molar-refractivity contribution in [2.75, 3.05) is 12.3 Å². The molecule has 2 aromatic carbocycles. The molecule has 2 aromatic rings. The van der Waals surface area contributed by atoms with Crippen LogP contribution in [0.4, 0.5) is 5.69 Å². The highest BCUT2D eigenvalue weighted by Crippen LogP contribution is 2.27. The Morgan fingerprint density at radius 3 is 2.83 bits per heavy atom. The SMILES string of the molecule is C/C(=N\NC(=O)COc1ccc(Br)cc1Cl)c1cccc(N)c1. The molecule has 0 aliphatic carbocycles. The van der Waals surface area contributed by atoms with E-state index in [0.29, 0.717) is 22.2 Å². The fraction of sp³-hybridized carbons (Fsp3) is 0.125. The van der Waals surface area contributed by atoms with Crippen molar-refractivity contribution in [3.63, 3.8) is 0 Å². The van der Waals surface area contributed by atoms with Crippen LogP contribution in [0.5, 0.6) is 5.75 Å². The lowest BCUT2D eigenvalue weighted by Crippen LogP contribution is -2.25. The number of anilines is 1. The van der Waals surface area contributed by atoms with Gasteiger partial charge in [0.1, 0.15) is 5.75 Å². The first-order valence-electron chi connectivity index (χ1n) is 6.72. The average Bonchev–Trinajstić information content (AvgIpc) is 2.51. The molecule has 1 amide bonds. The van der Waals surface area contributed by atoms with E-state index >= 15 is 0 Å². The van der Waals surface area contributed by atoms with Crippen LogP contribution >= 0.6 is 27.5 Å². The van der Waals surface area contributed by atoms with Crippen molar-refractivity contribution < 1.29 is 9.53 Å². The van der Waals surface area contributed by atoms with Crippen LogP contribution in [0.2, 0.25) is 5.02 Å². The van der Waals surface area contributed by atoms with Gasteiger partial charge in [-0.3, -0.25) is 4.79 Å². The first-order valence-corrected chi connectivity index (χ1v) is 7.89. The van der Waals surface area contributed by atoms with E-state index in [0.717, 1.165) is 10.0 Å². The topological polar surface area (TPSA) is 76.7 Å². The van der Waals surface area contributed by atoms with Gasteiger partial charge in [-0.2, -0.15) is 5.10 Å². The number of ether oxygens (including phenoxy) is 1. The summed E-state index contributed by atoms with van der Waals surface area (Å²) in [6, 6.07) is 12.4. The Hall–Kier alpha value is -2.05. The quantitative estimate of drug-likeness (QED) is 0.460. The number of benzene rings is 2. The number of hydrogen-bond acceptors (Lipinski definition) is 4. The van der Waals surface area contributed by atoms with Crippen molar-refractivity contribution in [1.82, 2.24) is 5.43 Å². The second kappa shape index (κ2) is 7.99. The molecule has 0 aliphatic rings. The van der Waals surface area contributed by atoms with E-state index in [1.54, 1.807) is 37.3 Å². The van der Waals surface area contributed by atoms with Crippen molar-refractivity contribution in [1.29, 1.82) is 0 Å². The highest BCUT2D eigenvalue weighted by molar-refractivity contribution is 9.10. The molecule has 7 heteroatoms. The summed E-state index contributed by atoms with van der Waals surface area (Å²) in [5, 5.41) is 4.45. The molecule has 0 unspecified atom stereocenters. The van der Waals surface area contributed by atoms with Gasteiger partial charge in [0.25, 0.3) is 5.91 Å². The third-order valence-electron chi connectivity index (χ3n) is 2.91. The highest BCUT2D eigenvalue weighted by Gasteiger charge is 2.06. The molecule has 0 saturated heterocycles. The lowest BCUT2D eigenvalue weighted by molar-refractivity contribution is -0.123. The Morgan fingerprint density at radius 2 is 2.13 bits per heavy atom. The van der Waals surface area contributed by atoms with Crippen LogP contribution in [-0.4, -0.2) is 18.2 Å². The molecule has 23 heavy (non-hydrogen) atoms. The van der Waals surface area contributed by atoms with Gasteiger partial charge in [-0.1, -0.05) is 39.7 Å². The molecule has 0 bridgehead atoms. The maximum Gasteiger partial charge on any atom is 0.277 e. The number of rotatable bonds is 5. The van der Waals surface area contributed by atoms with Gasteiger partial charge in [0, 0.05) is 10.2 Å². The Morgan fingerprint density at radius 1 is 1.35 bits per heavy atom. The molecule has 0 aliphatic heterocycles. The Labute approximate surface area is 147 Å². The first-order chi connectivity index (χ1) is 11.0. The second-order valence-corrected chi connectivity index (χ2v) is 6.04. The van der Waals surface area contributed by atoms with Gasteiger partial charge in [-0.05, 0) is 42.8 Å². The van der Waals surface area contributed by atoms with Crippen LogP contribution in [0.1, 0.15) is 12.5 Å². The monoisotopic (exact) mass is 395 g/mol. The molecule has 120 valence electrons. The predicted molar refractivity (Wildman–Crippen MR) is 95.9 cm³/mol. The first kappa shape index (κ1) is 17.3. The maximum absolute atomic E-state index is 11.8. The van der Waals surface area contributed by atoms with Gasteiger partial charge < -0.3 is 10.5 Å². The molecular formula is C16H15BrClN3O2. The molecule has 0 atom stereocenters. The van der Waals surface area contributed by atoms with Crippen LogP contribution in [0.25, 0.3) is 0 Å². The maximum atomic E-state index is 11.8. The van der Waals surface area contributed by atoms with Crippen LogP contribution in [0, 0.1) is 0 Å². The van der Waals surface area contributed by atoms with Crippen LogP contribution in [0.3, 0.4) is 0 Å². The molecule has 2 rings (SSSR count). The van der Waals surface area contributed by atoms with E-state index in [-0.39, 0.29) is 12.5 Å². The summed E-state index contributed by atoms with van der Waals surface area (Å²) < 4.78 is 6.19. The smallest absolute Gasteiger partial charge is 0.277 e. The van der Waals surface area contributed by atoms with E-state index < -0.39 is 0 Å². The van der Waals surface area contributed by atoms with E-state index in [4.69, 9.17) is 22.1 Å². The Kier molecular flexibility index (Phi) is 6.01. The van der Waals surface area contributed by atoms with Crippen molar-refractivity contribution in [2.24, 2.45) is 5.10 Å². The summed E-state index contributed by atoms with van der Waals surface area (Å²) in [5.41, 5.74) is 10.3. The largest absolute Gasteiger partial charge is 0.482 e. The number of nitrogens with two attached hydrogens (primary N) is 1. The van der Waals surface area contributed by atoms with Crippen LogP contribution in [-0.2, 0) is 4.79 Å². The lowest BCUT2D eigenvalue weighted by atomic mass is 10.1. The third-order valence-corrected chi connectivity index (χ3v) is 3.69. The summed E-state index contributed by atoms with van der Waals surface area (Å²) >= 11 is 9.31. The number of amides is 1. The molecule has 0 saturated carbocycles. The minimum atomic E-state index is -0.382. The summed E-state index contributed by atoms with van der Waals surface area (Å²) in [6.07, 6.45) is 0. The van der Waals surface area contributed by atoms with E-state index in [1.165, 1.54) is 0 Å². The molecule has 0 heterocycles. The number of nitrogens with zero attached hydrogens (tertiary/aromatic N) is 1. The van der Waals surface area contributed by atoms with Gasteiger partial charge in [0.2, 0.25) is 0 Å². The van der Waals surface area contributed by atoms with Crippen molar-refractivity contribution in [2.45, 2.75) is 6.92 Å². The normalized spacial score (nSPS) is 11.2. The number of carbonyl (C=O) groups is 1. The predicted octanol–water partition coefficient (Wildman–Crippen LogP) is 3.60. The summed E-state index contributed by atoms with van der Waals surface area (Å²) in [4.78, 5) is 11.8. The van der Waals surface area contributed by atoms with Gasteiger partial charge in [-0.15, -0.1) is 0 Å². The second-order valence-electron chi connectivity index (χ2n) is 4.72. The summed E-state index contributed by atoms with van der Waals surface area (Å²) in [5.74, 6) is 0.0498. The standard InChI is InChI=1S/C16H15BrClN3O2/c1-10(11-3-2-4-13(19)7-11)20-21-16(22)9-23-15-6-5-12(17)8-14(15)18/h2-8H,9,19H2,1H3,(H,21,22)/b20-10+. The van der Waals surface area contributed by atoms with Crippen LogP contribution < -0.4 is 15.9 Å². The van der Waals surface area contributed by atoms with Crippen molar-refractivity contribution >= 4 is 44.8 Å². The minimum absolute atomic E-state index is 0.185. The zero-order valence-corrected chi connectivity index (χ0v) is 14.7. The number of hydrogen-bond donors (Lipinski definition) is 2. The summed E-state index contributed by atoms with van der Waals surface area (Å²) in [7, 11) is 0. The van der Waals surface area contributed by atoms with Crippen LogP contribution in [0.15, 0.2) is 52.0 Å². The van der Waals surface area contributed by atoms with Gasteiger partial charge in [-0.25, -0.2) is 5.43 Å². The van der Waals surface area contributed by atoms with E-state index in [9.17, 15) is 4.79 Å². The minimum Gasteiger partial charge on any atom is -0.482 e. The number of carbonyl (C=O) groups excluding carboxylic acids is 1. The van der Waals surface area contributed by atoms with Gasteiger partial charge in [0.15, 0.2) is 6.61 Å². The number of nitrogens with one attached hydrogen (secondary N) is 1. The molecular weight excluding hydrogens is 382 g/mol. The number of halogens is 2. The molecule has 0 radical (unpaired) electrons. The highest BCUT2D eigenvalue weighted by atomic mass is 79.9. The van der Waals surface area contributed by atoms with Crippen molar-refractivity contribution in [3.8, 4) is 5.75 Å². The molecule has 0 spiro atoms. The zero-order chi connectivity index (χ0) is 16.8. The lowest BCUT2D eigenvalue weighted by Gasteiger charge is -2.08. The average molecular weight is 397 g/mol.